The predicted octanol–water partition coefficient (Wildman–Crippen LogP) is 2.26. The number of nitrogens with one attached hydrogen (secondary N) is 2. The molecule has 5 heteroatoms. The van der Waals surface area contributed by atoms with Gasteiger partial charge in [0, 0.05) is 13.0 Å². The summed E-state index contributed by atoms with van der Waals surface area (Å²) in [7, 11) is 0. The van der Waals surface area contributed by atoms with Gasteiger partial charge in [0.2, 0.25) is 5.91 Å². The third-order valence-electron chi connectivity index (χ3n) is 4.32. The number of ether oxygens (including phenoxy) is 1. The van der Waals surface area contributed by atoms with Gasteiger partial charge in [0.1, 0.15) is 0 Å². The van der Waals surface area contributed by atoms with Gasteiger partial charge in [-0.2, -0.15) is 0 Å². The molecule has 4 nitrogen and oxygen atoms in total. The first-order chi connectivity index (χ1) is 9.34. The lowest BCUT2D eigenvalue weighted by Crippen LogP contribution is -2.31. The summed E-state index contributed by atoms with van der Waals surface area (Å²) in [5.41, 5.74) is 0. The SMILES string of the molecule is Cl.O=C(CCC1CCNCC1)NCCOC1CCCC1. The number of amides is 1. The van der Waals surface area contributed by atoms with E-state index in [4.69, 9.17) is 4.74 Å². The average Bonchev–Trinajstić information content (AvgIpc) is 2.96. The third-order valence-corrected chi connectivity index (χ3v) is 4.32. The van der Waals surface area contributed by atoms with Gasteiger partial charge < -0.3 is 15.4 Å². The first kappa shape index (κ1) is 17.7. The molecule has 2 rings (SSSR count). The highest BCUT2D eigenvalue weighted by Crippen LogP contribution is 2.20. The van der Waals surface area contributed by atoms with E-state index in [1.165, 1.54) is 38.5 Å². The monoisotopic (exact) mass is 304 g/mol. The van der Waals surface area contributed by atoms with E-state index in [1.54, 1.807) is 0 Å². The summed E-state index contributed by atoms with van der Waals surface area (Å²) in [6, 6.07) is 0. The zero-order valence-corrected chi connectivity index (χ0v) is 13.2. The minimum atomic E-state index is 0. The second-order valence-corrected chi connectivity index (χ2v) is 5.86. The van der Waals surface area contributed by atoms with Gasteiger partial charge in [0.15, 0.2) is 0 Å². The van der Waals surface area contributed by atoms with E-state index in [1.807, 2.05) is 0 Å². The summed E-state index contributed by atoms with van der Waals surface area (Å²) in [5.74, 6) is 0.926. The Labute approximate surface area is 128 Å². The predicted molar refractivity (Wildman–Crippen MR) is 83.3 cm³/mol. The van der Waals surface area contributed by atoms with Crippen LogP contribution in [-0.4, -0.2) is 38.3 Å². The molecule has 2 N–H and O–H groups in total. The fourth-order valence-electron chi connectivity index (χ4n) is 3.07. The van der Waals surface area contributed by atoms with Crippen LogP contribution in [0.15, 0.2) is 0 Å². The Balaban J connectivity index is 0.00000200. The second kappa shape index (κ2) is 10.4. The number of halogens is 1. The van der Waals surface area contributed by atoms with Crippen molar-refractivity contribution in [3.8, 4) is 0 Å². The van der Waals surface area contributed by atoms with Crippen LogP contribution in [0.2, 0.25) is 0 Å². The number of hydrogen-bond acceptors (Lipinski definition) is 3. The lowest BCUT2D eigenvalue weighted by molar-refractivity contribution is -0.121. The summed E-state index contributed by atoms with van der Waals surface area (Å²) in [5, 5.41) is 6.32. The van der Waals surface area contributed by atoms with Gasteiger partial charge in [-0.05, 0) is 51.1 Å². The standard InChI is InChI=1S/C15H28N2O2.ClH/c18-15(6-5-13-7-9-16-10-8-13)17-11-12-19-14-3-1-2-4-14;/h13-14,16H,1-12H2,(H,17,18);1H. The lowest BCUT2D eigenvalue weighted by Gasteiger charge is -2.22. The van der Waals surface area contributed by atoms with E-state index in [0.29, 0.717) is 25.7 Å². The zero-order chi connectivity index (χ0) is 13.3. The molecule has 2 aliphatic rings. The number of carbonyl (C=O) groups is 1. The Morgan fingerprint density at radius 1 is 1.15 bits per heavy atom. The molecule has 1 aliphatic carbocycles. The van der Waals surface area contributed by atoms with Crippen LogP contribution >= 0.6 is 12.4 Å². The molecule has 1 amide bonds. The molecule has 0 atom stereocenters. The Hall–Kier alpha value is -0.320. The van der Waals surface area contributed by atoms with Crippen LogP contribution in [0.1, 0.15) is 51.4 Å². The lowest BCUT2D eigenvalue weighted by atomic mass is 9.93. The summed E-state index contributed by atoms with van der Waals surface area (Å²) in [6.07, 6.45) is 9.60. The molecule has 0 spiro atoms. The van der Waals surface area contributed by atoms with Crippen LogP contribution < -0.4 is 10.6 Å². The Morgan fingerprint density at radius 3 is 2.55 bits per heavy atom. The molecule has 2 fully saturated rings. The van der Waals surface area contributed by atoms with Crippen molar-refractivity contribution in [3.05, 3.63) is 0 Å². The maximum Gasteiger partial charge on any atom is 0.220 e. The zero-order valence-electron chi connectivity index (χ0n) is 12.4. The first-order valence-electron chi connectivity index (χ1n) is 7.93. The van der Waals surface area contributed by atoms with Crippen LogP contribution in [0.3, 0.4) is 0 Å². The van der Waals surface area contributed by atoms with Crippen molar-refractivity contribution in [2.24, 2.45) is 5.92 Å². The second-order valence-electron chi connectivity index (χ2n) is 5.86. The van der Waals surface area contributed by atoms with Gasteiger partial charge in [0.25, 0.3) is 0 Å². The minimum Gasteiger partial charge on any atom is -0.376 e. The molecule has 1 aliphatic heterocycles. The smallest absolute Gasteiger partial charge is 0.220 e. The normalized spacial score (nSPS) is 20.6. The number of piperidine rings is 1. The molecule has 1 saturated carbocycles. The highest BCUT2D eigenvalue weighted by atomic mass is 35.5. The maximum atomic E-state index is 11.7. The van der Waals surface area contributed by atoms with Crippen molar-refractivity contribution in [1.29, 1.82) is 0 Å². The van der Waals surface area contributed by atoms with Crippen molar-refractivity contribution >= 4 is 18.3 Å². The van der Waals surface area contributed by atoms with Crippen molar-refractivity contribution < 1.29 is 9.53 Å². The molecule has 0 radical (unpaired) electrons. The maximum absolute atomic E-state index is 11.7. The van der Waals surface area contributed by atoms with Crippen LogP contribution in [0, 0.1) is 5.92 Å². The number of carbonyl (C=O) groups excluding carboxylic acids is 1. The molecule has 118 valence electrons. The Kier molecular flexibility index (Phi) is 9.23. The summed E-state index contributed by atoms with van der Waals surface area (Å²) in [4.78, 5) is 11.7. The van der Waals surface area contributed by atoms with E-state index in [0.717, 1.165) is 25.4 Å². The molecule has 0 aromatic carbocycles. The van der Waals surface area contributed by atoms with Crippen molar-refractivity contribution in [1.82, 2.24) is 10.6 Å². The van der Waals surface area contributed by atoms with Crippen molar-refractivity contribution in [2.75, 3.05) is 26.2 Å². The number of rotatable bonds is 7. The van der Waals surface area contributed by atoms with E-state index in [-0.39, 0.29) is 18.3 Å². The fourth-order valence-corrected chi connectivity index (χ4v) is 3.07. The minimum absolute atomic E-state index is 0. The molecular formula is C15H29ClN2O2. The van der Waals surface area contributed by atoms with Crippen molar-refractivity contribution in [3.63, 3.8) is 0 Å². The van der Waals surface area contributed by atoms with Gasteiger partial charge in [-0.3, -0.25) is 4.79 Å². The molecule has 20 heavy (non-hydrogen) atoms. The van der Waals surface area contributed by atoms with Crippen molar-refractivity contribution in [2.45, 2.75) is 57.5 Å². The number of hydrogen-bond donors (Lipinski definition) is 2. The van der Waals surface area contributed by atoms with E-state index >= 15 is 0 Å². The molecule has 0 aromatic heterocycles. The summed E-state index contributed by atoms with van der Waals surface area (Å²) < 4.78 is 5.72. The highest BCUT2D eigenvalue weighted by Gasteiger charge is 2.16. The Bertz CT molecular complexity index is 265. The van der Waals surface area contributed by atoms with Crippen LogP contribution in [0.5, 0.6) is 0 Å². The van der Waals surface area contributed by atoms with Crippen LogP contribution in [0.4, 0.5) is 0 Å². The van der Waals surface area contributed by atoms with E-state index in [9.17, 15) is 4.79 Å². The van der Waals surface area contributed by atoms with Gasteiger partial charge in [-0.15, -0.1) is 12.4 Å². The van der Waals surface area contributed by atoms with E-state index < -0.39 is 0 Å². The van der Waals surface area contributed by atoms with Gasteiger partial charge >= 0.3 is 0 Å². The fraction of sp³-hybridized carbons (Fsp3) is 0.933. The topological polar surface area (TPSA) is 50.4 Å². The summed E-state index contributed by atoms with van der Waals surface area (Å²) >= 11 is 0. The molecule has 1 saturated heterocycles. The molecule has 1 heterocycles. The largest absolute Gasteiger partial charge is 0.376 e. The molecule has 0 unspecified atom stereocenters. The average molecular weight is 305 g/mol. The molecule has 0 aromatic rings. The van der Waals surface area contributed by atoms with Gasteiger partial charge in [-0.1, -0.05) is 12.8 Å². The van der Waals surface area contributed by atoms with Crippen LogP contribution in [-0.2, 0) is 9.53 Å². The quantitative estimate of drug-likeness (QED) is 0.709. The summed E-state index contributed by atoms with van der Waals surface area (Å²) in [6.45, 7) is 3.56. The van der Waals surface area contributed by atoms with Crippen LogP contribution in [0.25, 0.3) is 0 Å². The third kappa shape index (κ3) is 6.91. The molecule has 0 bridgehead atoms. The molecular weight excluding hydrogens is 276 g/mol. The highest BCUT2D eigenvalue weighted by molar-refractivity contribution is 5.85. The Morgan fingerprint density at radius 2 is 1.85 bits per heavy atom. The van der Waals surface area contributed by atoms with E-state index in [2.05, 4.69) is 10.6 Å². The first-order valence-corrected chi connectivity index (χ1v) is 7.93. The van der Waals surface area contributed by atoms with Gasteiger partial charge in [0.05, 0.1) is 12.7 Å². The van der Waals surface area contributed by atoms with Gasteiger partial charge in [-0.25, -0.2) is 0 Å².